The molecule has 0 saturated carbocycles. The topological polar surface area (TPSA) is 26.3 Å². The monoisotopic (exact) mass is 344 g/mol. The maximum Gasteiger partial charge on any atom is 0.340 e. The third-order valence-electron chi connectivity index (χ3n) is 3.96. The summed E-state index contributed by atoms with van der Waals surface area (Å²) in [5, 5.41) is 0. The molecule has 1 heterocycles. The Morgan fingerprint density at radius 3 is 2.12 bits per heavy atom. The molecule has 0 aliphatic rings. The number of carbonyl (C=O) groups is 1. The second-order valence-electron chi connectivity index (χ2n) is 5.96. The first-order valence-corrected chi connectivity index (χ1v) is 9.78. The fraction of sp³-hybridized carbons (Fsp3) is 0.571. The largest absolute Gasteiger partial charge is 0.462 e. The van der Waals surface area contributed by atoms with E-state index in [9.17, 15) is 4.79 Å². The number of esters is 1. The van der Waals surface area contributed by atoms with Crippen molar-refractivity contribution in [3.05, 3.63) is 21.4 Å². The molecule has 0 aliphatic carbocycles. The minimum absolute atomic E-state index is 0.364. The number of thiophene rings is 1. The number of hydrogen-bond acceptors (Lipinski definition) is 3. The molecule has 0 aromatic carbocycles. The van der Waals surface area contributed by atoms with Crippen molar-refractivity contribution in [2.75, 3.05) is 6.61 Å². The predicted octanol–water partition coefficient (Wildman–Crippen LogP) is 5.79. The Balaban J connectivity index is 2.09. The second-order valence-corrected chi connectivity index (χ2v) is 7.01. The molecule has 1 rings (SSSR count). The highest BCUT2D eigenvalue weighted by Gasteiger charge is 2.15. The molecule has 0 N–H and O–H groups in total. The average molecular weight is 345 g/mol. The second kappa shape index (κ2) is 12.7. The molecule has 0 aliphatic heterocycles. The smallest absolute Gasteiger partial charge is 0.340 e. The first-order valence-electron chi connectivity index (χ1n) is 8.97. The van der Waals surface area contributed by atoms with Crippen LogP contribution in [0.15, 0.2) is 6.07 Å². The van der Waals surface area contributed by atoms with Gasteiger partial charge in [0.2, 0.25) is 0 Å². The van der Waals surface area contributed by atoms with Gasteiger partial charge in [0, 0.05) is 0 Å². The van der Waals surface area contributed by atoms with Crippen molar-refractivity contribution >= 4 is 17.3 Å². The standard InChI is InChI=1S/C21H28O2S/c1-4-7-8-9-10-11-12-13-14-15-16-23-21(22)19-17-18(5-2)24-20(19)6-3/h2-3,17H,4,7-16H2,1H3. The molecule has 2 nitrogen and oxygen atoms in total. The van der Waals surface area contributed by atoms with Crippen molar-refractivity contribution in [2.24, 2.45) is 0 Å². The van der Waals surface area contributed by atoms with Crippen LogP contribution in [0.2, 0.25) is 0 Å². The molecule has 0 unspecified atom stereocenters. The lowest BCUT2D eigenvalue weighted by Gasteiger charge is -2.04. The summed E-state index contributed by atoms with van der Waals surface area (Å²) < 4.78 is 5.30. The van der Waals surface area contributed by atoms with Crippen LogP contribution in [-0.4, -0.2) is 12.6 Å². The van der Waals surface area contributed by atoms with Gasteiger partial charge in [-0.25, -0.2) is 4.79 Å². The van der Waals surface area contributed by atoms with Gasteiger partial charge in [-0.15, -0.1) is 24.2 Å². The van der Waals surface area contributed by atoms with Crippen molar-refractivity contribution < 1.29 is 9.53 Å². The van der Waals surface area contributed by atoms with Gasteiger partial charge < -0.3 is 4.74 Å². The normalized spacial score (nSPS) is 10.1. The molecule has 0 radical (unpaired) electrons. The molecule has 1 aromatic heterocycles. The predicted molar refractivity (Wildman–Crippen MR) is 102 cm³/mol. The average Bonchev–Trinajstić information content (AvgIpc) is 3.03. The maximum absolute atomic E-state index is 12.0. The molecule has 0 atom stereocenters. The van der Waals surface area contributed by atoms with E-state index in [4.69, 9.17) is 17.6 Å². The van der Waals surface area contributed by atoms with Crippen molar-refractivity contribution in [3.63, 3.8) is 0 Å². The summed E-state index contributed by atoms with van der Waals surface area (Å²) in [7, 11) is 0. The Hall–Kier alpha value is -1.71. The Bertz CT molecular complexity index is 572. The van der Waals surface area contributed by atoms with Crippen LogP contribution >= 0.6 is 11.3 Å². The van der Waals surface area contributed by atoms with Crippen LogP contribution in [0, 0.1) is 24.7 Å². The first kappa shape index (κ1) is 20.3. The van der Waals surface area contributed by atoms with E-state index < -0.39 is 0 Å². The van der Waals surface area contributed by atoms with Crippen molar-refractivity contribution in [1.29, 1.82) is 0 Å². The van der Waals surface area contributed by atoms with E-state index in [0.29, 0.717) is 21.9 Å². The van der Waals surface area contributed by atoms with Gasteiger partial charge in [-0.1, -0.05) is 76.6 Å². The van der Waals surface area contributed by atoms with E-state index in [1.807, 2.05) is 0 Å². The van der Waals surface area contributed by atoms with Crippen LogP contribution in [0.25, 0.3) is 0 Å². The maximum atomic E-state index is 12.0. The lowest BCUT2D eigenvalue weighted by molar-refractivity contribution is 0.0498. The third-order valence-corrected chi connectivity index (χ3v) is 4.95. The molecule has 3 heteroatoms. The Kier molecular flexibility index (Phi) is 10.7. The van der Waals surface area contributed by atoms with E-state index >= 15 is 0 Å². The van der Waals surface area contributed by atoms with Crippen LogP contribution in [0.5, 0.6) is 0 Å². The van der Waals surface area contributed by atoms with E-state index in [0.717, 1.165) is 12.8 Å². The molecule has 0 saturated heterocycles. The molecule has 0 spiro atoms. The number of terminal acetylenes is 2. The molecule has 1 aromatic rings. The van der Waals surface area contributed by atoms with Crippen LogP contribution in [0.3, 0.4) is 0 Å². The number of rotatable bonds is 12. The summed E-state index contributed by atoms with van der Waals surface area (Å²) >= 11 is 1.27. The van der Waals surface area contributed by atoms with E-state index in [-0.39, 0.29) is 5.97 Å². The summed E-state index contributed by atoms with van der Waals surface area (Å²) in [5.74, 6) is 4.64. The third kappa shape index (κ3) is 7.71. The van der Waals surface area contributed by atoms with Crippen LogP contribution in [-0.2, 0) is 4.74 Å². The summed E-state index contributed by atoms with van der Waals surface area (Å²) in [5.41, 5.74) is 0.419. The number of carbonyl (C=O) groups excluding carboxylic acids is 1. The van der Waals surface area contributed by atoms with Gasteiger partial charge in [-0.2, -0.15) is 0 Å². The minimum atomic E-state index is -0.364. The fourth-order valence-electron chi connectivity index (χ4n) is 2.55. The van der Waals surface area contributed by atoms with Crippen molar-refractivity contribution in [1.82, 2.24) is 0 Å². The van der Waals surface area contributed by atoms with Gasteiger partial charge >= 0.3 is 5.97 Å². The summed E-state index contributed by atoms with van der Waals surface area (Å²) in [6, 6.07) is 1.64. The highest BCUT2D eigenvalue weighted by Crippen LogP contribution is 2.22. The SMILES string of the molecule is C#Cc1cc(C(=O)OCCCCCCCCCCCC)c(C#C)s1. The van der Waals surface area contributed by atoms with Crippen LogP contribution in [0.1, 0.15) is 91.2 Å². The minimum Gasteiger partial charge on any atom is -0.462 e. The molecule has 0 amide bonds. The van der Waals surface area contributed by atoms with Crippen molar-refractivity contribution in [3.8, 4) is 24.7 Å². The quantitative estimate of drug-likeness (QED) is 0.272. The zero-order valence-electron chi connectivity index (χ0n) is 14.7. The van der Waals surface area contributed by atoms with Crippen LogP contribution in [0.4, 0.5) is 0 Å². The summed E-state index contributed by atoms with van der Waals surface area (Å²) in [6.45, 7) is 2.69. The lowest BCUT2D eigenvalue weighted by atomic mass is 10.1. The highest BCUT2D eigenvalue weighted by atomic mass is 32.1. The molecule has 130 valence electrons. The molecule has 0 fully saturated rings. The van der Waals surface area contributed by atoms with Gasteiger partial charge in [0.15, 0.2) is 0 Å². The zero-order chi connectivity index (χ0) is 17.6. The van der Waals surface area contributed by atoms with Crippen LogP contribution < -0.4 is 0 Å². The lowest BCUT2D eigenvalue weighted by Crippen LogP contribution is -2.06. The van der Waals surface area contributed by atoms with E-state index in [2.05, 4.69) is 18.8 Å². The zero-order valence-corrected chi connectivity index (χ0v) is 15.6. The first-order chi connectivity index (χ1) is 11.7. The fourth-order valence-corrected chi connectivity index (χ4v) is 3.32. The molecular weight excluding hydrogens is 316 g/mol. The molecular formula is C21H28O2S. The summed E-state index contributed by atoms with van der Waals surface area (Å²) in [4.78, 5) is 13.2. The van der Waals surface area contributed by atoms with E-state index in [1.54, 1.807) is 6.07 Å². The van der Waals surface area contributed by atoms with Gasteiger partial charge in [-0.3, -0.25) is 0 Å². The Morgan fingerprint density at radius 1 is 1.00 bits per heavy atom. The number of unbranched alkanes of at least 4 members (excludes halogenated alkanes) is 9. The van der Waals surface area contributed by atoms with E-state index in [1.165, 1.54) is 62.7 Å². The van der Waals surface area contributed by atoms with Crippen molar-refractivity contribution in [2.45, 2.75) is 71.1 Å². The Labute approximate surface area is 151 Å². The van der Waals surface area contributed by atoms with Gasteiger partial charge in [0.1, 0.15) is 0 Å². The molecule has 0 bridgehead atoms. The van der Waals surface area contributed by atoms with Gasteiger partial charge in [-0.05, 0) is 12.5 Å². The highest BCUT2D eigenvalue weighted by molar-refractivity contribution is 7.13. The number of ether oxygens (including phenoxy) is 1. The Morgan fingerprint density at radius 2 is 1.58 bits per heavy atom. The van der Waals surface area contributed by atoms with Gasteiger partial charge in [0.25, 0.3) is 0 Å². The number of hydrogen-bond donors (Lipinski definition) is 0. The van der Waals surface area contributed by atoms with Gasteiger partial charge in [0.05, 0.1) is 21.9 Å². The summed E-state index contributed by atoms with van der Waals surface area (Å²) in [6.07, 6.45) is 23.3. The molecule has 24 heavy (non-hydrogen) atoms.